The lowest BCUT2D eigenvalue weighted by Gasteiger charge is -2.18. The van der Waals surface area contributed by atoms with Crippen LogP contribution in [0.4, 0.5) is 0 Å². The summed E-state index contributed by atoms with van der Waals surface area (Å²) in [5.41, 5.74) is 2.71. The molecule has 0 fully saturated rings. The van der Waals surface area contributed by atoms with Crippen LogP contribution in [0.15, 0.2) is 42.7 Å². The van der Waals surface area contributed by atoms with Crippen molar-refractivity contribution in [1.82, 2.24) is 15.1 Å². The smallest absolute Gasteiger partial charge is 0.0604 e. The first-order valence-electron chi connectivity index (χ1n) is 6.63. The number of rotatable bonds is 6. The summed E-state index contributed by atoms with van der Waals surface area (Å²) in [5, 5.41) is 7.79. The summed E-state index contributed by atoms with van der Waals surface area (Å²) in [6.45, 7) is 6.14. The highest BCUT2D eigenvalue weighted by Gasteiger charge is 2.10. The Morgan fingerprint density at radius 1 is 1.22 bits per heavy atom. The molecule has 0 radical (unpaired) electrons. The lowest BCUT2D eigenvalue weighted by molar-refractivity contribution is 0.448. The van der Waals surface area contributed by atoms with Gasteiger partial charge in [0.15, 0.2) is 0 Å². The van der Waals surface area contributed by atoms with E-state index in [0.717, 1.165) is 19.5 Å². The molecule has 3 heteroatoms. The van der Waals surface area contributed by atoms with E-state index in [0.29, 0.717) is 6.04 Å². The summed E-state index contributed by atoms with van der Waals surface area (Å²) < 4.78 is 1.97. The molecule has 0 saturated heterocycles. The van der Waals surface area contributed by atoms with Gasteiger partial charge in [-0.1, -0.05) is 38.1 Å². The molecule has 0 aliphatic heterocycles. The molecule has 0 spiro atoms. The standard InChI is InChI=1S/C15H21N3/c1-3-13-6-8-14(9-7-13)15(16-4-2)12-18-11-5-10-17-18/h5-11,15-16H,3-4,12H2,1-2H3. The summed E-state index contributed by atoms with van der Waals surface area (Å²) in [6.07, 6.45) is 4.92. The van der Waals surface area contributed by atoms with Crippen LogP contribution < -0.4 is 5.32 Å². The first kappa shape index (κ1) is 12.8. The van der Waals surface area contributed by atoms with Crippen LogP contribution in [0, 0.1) is 0 Å². The van der Waals surface area contributed by atoms with Crippen LogP contribution in [-0.2, 0) is 13.0 Å². The van der Waals surface area contributed by atoms with Crippen LogP contribution in [0.25, 0.3) is 0 Å². The van der Waals surface area contributed by atoms with Crippen LogP contribution in [0.2, 0.25) is 0 Å². The highest BCUT2D eigenvalue weighted by atomic mass is 15.3. The molecule has 0 bridgehead atoms. The Hall–Kier alpha value is -1.61. The molecule has 1 aromatic carbocycles. The third kappa shape index (κ3) is 3.20. The van der Waals surface area contributed by atoms with Crippen molar-refractivity contribution >= 4 is 0 Å². The molecule has 0 aliphatic rings. The molecule has 18 heavy (non-hydrogen) atoms. The maximum absolute atomic E-state index is 4.27. The van der Waals surface area contributed by atoms with Crippen molar-refractivity contribution in [1.29, 1.82) is 0 Å². The maximum atomic E-state index is 4.27. The van der Waals surface area contributed by atoms with Gasteiger partial charge in [0.05, 0.1) is 12.6 Å². The van der Waals surface area contributed by atoms with Gasteiger partial charge in [0, 0.05) is 12.4 Å². The van der Waals surface area contributed by atoms with E-state index in [9.17, 15) is 0 Å². The van der Waals surface area contributed by atoms with Crippen molar-refractivity contribution in [2.75, 3.05) is 6.54 Å². The van der Waals surface area contributed by atoms with E-state index < -0.39 is 0 Å². The van der Waals surface area contributed by atoms with E-state index in [-0.39, 0.29) is 0 Å². The van der Waals surface area contributed by atoms with Gasteiger partial charge >= 0.3 is 0 Å². The molecule has 2 aromatic rings. The average Bonchev–Trinajstić information content (AvgIpc) is 2.91. The van der Waals surface area contributed by atoms with Crippen molar-refractivity contribution in [3.05, 3.63) is 53.9 Å². The number of benzene rings is 1. The zero-order chi connectivity index (χ0) is 12.8. The molecule has 3 nitrogen and oxygen atoms in total. The maximum Gasteiger partial charge on any atom is 0.0604 e. The van der Waals surface area contributed by atoms with Gasteiger partial charge in [-0.25, -0.2) is 0 Å². The van der Waals surface area contributed by atoms with Gasteiger partial charge in [0.2, 0.25) is 0 Å². The van der Waals surface area contributed by atoms with E-state index in [2.05, 4.69) is 48.5 Å². The number of nitrogens with one attached hydrogen (secondary N) is 1. The van der Waals surface area contributed by atoms with Crippen molar-refractivity contribution in [3.63, 3.8) is 0 Å². The minimum absolute atomic E-state index is 0.320. The van der Waals surface area contributed by atoms with Crippen molar-refractivity contribution in [2.45, 2.75) is 32.9 Å². The predicted octanol–water partition coefficient (Wildman–Crippen LogP) is 2.80. The average molecular weight is 243 g/mol. The van der Waals surface area contributed by atoms with Gasteiger partial charge in [-0.15, -0.1) is 0 Å². The van der Waals surface area contributed by atoms with Crippen molar-refractivity contribution < 1.29 is 0 Å². The predicted molar refractivity (Wildman–Crippen MR) is 74.5 cm³/mol. The number of nitrogens with zero attached hydrogens (tertiary/aromatic N) is 2. The Balaban J connectivity index is 2.12. The quantitative estimate of drug-likeness (QED) is 0.845. The fourth-order valence-corrected chi connectivity index (χ4v) is 2.12. The second-order valence-corrected chi connectivity index (χ2v) is 4.43. The molecule has 2 rings (SSSR count). The molecule has 1 atom stereocenters. The number of aryl methyl sites for hydroxylation is 1. The summed E-state index contributed by atoms with van der Waals surface area (Å²) in [5.74, 6) is 0. The van der Waals surface area contributed by atoms with Gasteiger partial charge in [0.25, 0.3) is 0 Å². The summed E-state index contributed by atoms with van der Waals surface area (Å²) >= 11 is 0. The van der Waals surface area contributed by atoms with E-state index in [1.807, 2.05) is 23.1 Å². The minimum Gasteiger partial charge on any atom is -0.309 e. The summed E-state index contributed by atoms with van der Waals surface area (Å²) in [4.78, 5) is 0. The van der Waals surface area contributed by atoms with Crippen LogP contribution in [0.5, 0.6) is 0 Å². The third-order valence-corrected chi connectivity index (χ3v) is 3.17. The largest absolute Gasteiger partial charge is 0.309 e. The summed E-state index contributed by atoms with van der Waals surface area (Å²) in [6, 6.07) is 11.1. The van der Waals surface area contributed by atoms with E-state index in [1.165, 1.54) is 11.1 Å². The molecule has 96 valence electrons. The van der Waals surface area contributed by atoms with Gasteiger partial charge < -0.3 is 5.32 Å². The Kier molecular flexibility index (Phi) is 4.53. The van der Waals surface area contributed by atoms with Crippen molar-refractivity contribution in [2.24, 2.45) is 0 Å². The van der Waals surface area contributed by atoms with Crippen LogP contribution in [0.1, 0.15) is 31.0 Å². The molecule has 1 aromatic heterocycles. The molecule has 1 unspecified atom stereocenters. The lowest BCUT2D eigenvalue weighted by Crippen LogP contribution is -2.25. The van der Waals surface area contributed by atoms with Gasteiger partial charge in [-0.3, -0.25) is 4.68 Å². The Morgan fingerprint density at radius 3 is 2.56 bits per heavy atom. The fourth-order valence-electron chi connectivity index (χ4n) is 2.12. The Labute approximate surface area is 109 Å². The highest BCUT2D eigenvalue weighted by Crippen LogP contribution is 2.16. The monoisotopic (exact) mass is 243 g/mol. The lowest BCUT2D eigenvalue weighted by atomic mass is 10.0. The van der Waals surface area contributed by atoms with Gasteiger partial charge in [-0.05, 0) is 30.2 Å². The van der Waals surface area contributed by atoms with Gasteiger partial charge in [0.1, 0.15) is 0 Å². The first-order chi connectivity index (χ1) is 8.83. The Morgan fingerprint density at radius 2 is 2.00 bits per heavy atom. The topological polar surface area (TPSA) is 29.9 Å². The van der Waals surface area contributed by atoms with E-state index >= 15 is 0 Å². The molecule has 0 amide bonds. The van der Waals surface area contributed by atoms with E-state index in [4.69, 9.17) is 0 Å². The molecular weight excluding hydrogens is 222 g/mol. The van der Waals surface area contributed by atoms with E-state index in [1.54, 1.807) is 0 Å². The molecule has 1 N–H and O–H groups in total. The number of hydrogen-bond acceptors (Lipinski definition) is 2. The molecule has 1 heterocycles. The zero-order valence-corrected chi connectivity index (χ0v) is 11.1. The second kappa shape index (κ2) is 6.36. The number of hydrogen-bond donors (Lipinski definition) is 1. The number of likely N-dealkylation sites (N-methyl/N-ethyl adjacent to an activating group) is 1. The van der Waals surface area contributed by atoms with Gasteiger partial charge in [-0.2, -0.15) is 5.10 Å². The zero-order valence-electron chi connectivity index (χ0n) is 11.1. The SMILES string of the molecule is CCNC(Cn1cccn1)c1ccc(CC)cc1. The second-order valence-electron chi connectivity index (χ2n) is 4.43. The summed E-state index contributed by atoms with van der Waals surface area (Å²) in [7, 11) is 0. The molecular formula is C15H21N3. The normalized spacial score (nSPS) is 12.6. The van der Waals surface area contributed by atoms with Crippen LogP contribution in [0.3, 0.4) is 0 Å². The minimum atomic E-state index is 0.320. The molecule has 0 aliphatic carbocycles. The first-order valence-corrected chi connectivity index (χ1v) is 6.63. The van der Waals surface area contributed by atoms with Crippen LogP contribution in [-0.4, -0.2) is 16.3 Å². The fraction of sp³-hybridized carbons (Fsp3) is 0.400. The Bertz CT molecular complexity index is 445. The van der Waals surface area contributed by atoms with Crippen LogP contribution >= 0.6 is 0 Å². The third-order valence-electron chi connectivity index (χ3n) is 3.17. The number of aromatic nitrogens is 2. The molecule has 0 saturated carbocycles. The highest BCUT2D eigenvalue weighted by molar-refractivity contribution is 5.25. The van der Waals surface area contributed by atoms with Crippen molar-refractivity contribution in [3.8, 4) is 0 Å².